The van der Waals surface area contributed by atoms with Crippen molar-refractivity contribution in [3.63, 3.8) is 0 Å². The maximum Gasteiger partial charge on any atom is 0.503 e. The molecule has 0 aliphatic heterocycles. The van der Waals surface area contributed by atoms with Gasteiger partial charge < -0.3 is 25.4 Å². The van der Waals surface area contributed by atoms with Gasteiger partial charge in [-0.3, -0.25) is 0 Å². The van der Waals surface area contributed by atoms with Crippen LogP contribution in [0.1, 0.15) is 49.4 Å². The van der Waals surface area contributed by atoms with Gasteiger partial charge >= 0.3 is 6.16 Å². The maximum absolute atomic E-state index is 9.87. The molecule has 34 heavy (non-hydrogen) atoms. The molecule has 2 heterocycles. The van der Waals surface area contributed by atoms with E-state index < -0.39 is 6.16 Å². The van der Waals surface area contributed by atoms with E-state index in [2.05, 4.69) is 29.6 Å². The number of ether oxygens (including phenoxy) is 1. The fraction of sp³-hybridized carbons (Fsp3) is 0.320. The van der Waals surface area contributed by atoms with E-state index in [1.165, 1.54) is 42.2 Å². The second-order valence-corrected chi connectivity index (χ2v) is 9.22. The highest BCUT2D eigenvalue weighted by Crippen LogP contribution is 2.39. The number of nitrogens with zero attached hydrogens (tertiary/aromatic N) is 2. The van der Waals surface area contributed by atoms with Crippen LogP contribution in [0.3, 0.4) is 0 Å². The fourth-order valence-electron chi connectivity index (χ4n) is 4.33. The zero-order valence-electron chi connectivity index (χ0n) is 18.8. The molecule has 0 radical (unpaired) electrons. The molecule has 1 aliphatic rings. The number of phenols is 1. The maximum atomic E-state index is 9.87. The number of carboxylic acid groups (broad SMARTS) is 2. The second-order valence-electron chi connectivity index (χ2n) is 8.19. The Morgan fingerprint density at radius 3 is 2.59 bits per heavy atom. The van der Waals surface area contributed by atoms with Crippen molar-refractivity contribution >= 4 is 43.6 Å². The fourth-order valence-corrected chi connectivity index (χ4v) is 5.41. The van der Waals surface area contributed by atoms with E-state index >= 15 is 0 Å². The predicted molar refractivity (Wildman–Crippen MR) is 133 cm³/mol. The van der Waals surface area contributed by atoms with Crippen molar-refractivity contribution in [2.24, 2.45) is 0 Å². The van der Waals surface area contributed by atoms with E-state index in [0.717, 1.165) is 27.4 Å². The molecule has 8 nitrogen and oxygen atoms in total. The lowest BCUT2D eigenvalue weighted by molar-refractivity contribution is 0.137. The minimum atomic E-state index is -1.83. The van der Waals surface area contributed by atoms with Gasteiger partial charge in [0.2, 0.25) is 0 Å². The zero-order valence-corrected chi connectivity index (χ0v) is 19.6. The highest BCUT2D eigenvalue weighted by atomic mass is 32.1. The van der Waals surface area contributed by atoms with E-state index in [4.69, 9.17) is 29.7 Å². The molecule has 1 fully saturated rings. The van der Waals surface area contributed by atoms with Crippen LogP contribution in [0.2, 0.25) is 0 Å². The number of aromatic hydroxyl groups is 1. The number of benzene rings is 2. The Hall–Kier alpha value is -3.59. The zero-order chi connectivity index (χ0) is 24.1. The molecule has 0 atom stereocenters. The van der Waals surface area contributed by atoms with E-state index in [1.54, 1.807) is 24.5 Å². The summed E-state index contributed by atoms with van der Waals surface area (Å²) in [6.07, 6.45) is 4.34. The molecule has 0 amide bonds. The molecule has 2 aromatic carbocycles. The van der Waals surface area contributed by atoms with Crippen LogP contribution in [0.5, 0.6) is 11.5 Å². The summed E-state index contributed by atoms with van der Waals surface area (Å²) in [7, 11) is 1.56. The lowest BCUT2D eigenvalue weighted by Gasteiger charge is -2.21. The quantitative estimate of drug-likeness (QED) is 0.257. The van der Waals surface area contributed by atoms with Gasteiger partial charge in [0.05, 0.1) is 12.5 Å². The number of methoxy groups -OCH3 is 1. The third-order valence-electron chi connectivity index (χ3n) is 5.93. The first-order valence-electron chi connectivity index (χ1n) is 11.2. The van der Waals surface area contributed by atoms with Crippen LogP contribution in [0, 0.1) is 0 Å². The number of aromatic nitrogens is 2. The number of anilines is 1. The van der Waals surface area contributed by atoms with Crippen molar-refractivity contribution in [3.8, 4) is 11.5 Å². The molecule has 4 aromatic rings. The van der Waals surface area contributed by atoms with Crippen LogP contribution in [-0.2, 0) is 6.54 Å². The van der Waals surface area contributed by atoms with E-state index in [1.807, 2.05) is 12.1 Å². The van der Waals surface area contributed by atoms with E-state index in [9.17, 15) is 5.11 Å². The Bertz CT molecular complexity index is 1300. The molecule has 0 saturated heterocycles. The molecule has 5 rings (SSSR count). The lowest BCUT2D eigenvalue weighted by atomic mass is 9.88. The molecule has 0 spiro atoms. The van der Waals surface area contributed by atoms with Crippen LogP contribution in [0.4, 0.5) is 10.6 Å². The van der Waals surface area contributed by atoms with Gasteiger partial charge in [0.15, 0.2) is 11.5 Å². The number of nitrogens with one attached hydrogen (secondary N) is 1. The van der Waals surface area contributed by atoms with Gasteiger partial charge in [-0.15, -0.1) is 11.3 Å². The first-order chi connectivity index (χ1) is 16.5. The molecule has 178 valence electrons. The van der Waals surface area contributed by atoms with Crippen LogP contribution in [0.15, 0.2) is 42.5 Å². The minimum absolute atomic E-state index is 0.147. The molecule has 1 saturated carbocycles. The molecule has 9 heteroatoms. The third kappa shape index (κ3) is 5.31. The molecule has 4 N–H and O–H groups in total. The smallest absolute Gasteiger partial charge is 0.503 e. The first-order valence-corrected chi connectivity index (χ1v) is 12.0. The number of hydrogen-bond acceptors (Lipinski definition) is 7. The van der Waals surface area contributed by atoms with Gasteiger partial charge in [0, 0.05) is 22.5 Å². The molecular formula is C25H27N3O5S. The highest BCUT2D eigenvalue weighted by Gasteiger charge is 2.22. The van der Waals surface area contributed by atoms with Gasteiger partial charge in [-0.2, -0.15) is 0 Å². The number of hydrogen-bond donors (Lipinski definition) is 4. The normalized spacial score (nSPS) is 13.9. The van der Waals surface area contributed by atoms with Crippen LogP contribution < -0.4 is 10.1 Å². The van der Waals surface area contributed by atoms with E-state index in [-0.39, 0.29) is 5.75 Å². The summed E-state index contributed by atoms with van der Waals surface area (Å²) in [5.74, 6) is 2.94. The van der Waals surface area contributed by atoms with Gasteiger partial charge in [-0.25, -0.2) is 14.8 Å². The van der Waals surface area contributed by atoms with Crippen molar-refractivity contribution in [3.05, 3.63) is 53.9 Å². The first kappa shape index (κ1) is 23.6. The van der Waals surface area contributed by atoms with Crippen molar-refractivity contribution < 1.29 is 24.9 Å². The highest BCUT2D eigenvalue weighted by molar-refractivity contribution is 7.25. The van der Waals surface area contributed by atoms with E-state index in [0.29, 0.717) is 18.2 Å². The summed E-state index contributed by atoms with van der Waals surface area (Å²) in [5, 5.41) is 29.7. The Labute approximate surface area is 200 Å². The lowest BCUT2D eigenvalue weighted by Crippen LogP contribution is -2.11. The molecular weight excluding hydrogens is 454 g/mol. The summed E-state index contributed by atoms with van der Waals surface area (Å²) in [6, 6.07) is 13.9. The number of fused-ring (bicyclic) bond motifs is 3. The van der Waals surface area contributed by atoms with Gasteiger partial charge in [-0.05, 0) is 36.6 Å². The monoisotopic (exact) mass is 481 g/mol. The summed E-state index contributed by atoms with van der Waals surface area (Å²) in [5.41, 5.74) is 1.02. The number of rotatable bonds is 5. The standard InChI is InChI=1S/C24H25N3O2S.CH2O3/c1-29-19-13-15(11-12-18(19)28)14-25-23-21-17-9-5-6-10-20(17)30-24(21)27-22(26-23)16-7-3-2-4-8-16;2-1(3)4/h5-6,9-13,16,28H,2-4,7-8,14H2,1H3,(H,25,26,27);(H2,2,3,4). The molecule has 2 aromatic heterocycles. The predicted octanol–water partition coefficient (Wildman–Crippen LogP) is 6.44. The topological polar surface area (TPSA) is 125 Å². The van der Waals surface area contributed by atoms with Gasteiger partial charge in [-0.1, -0.05) is 43.5 Å². The SMILES string of the molecule is COc1cc(CNc2nc(C3CCCCC3)nc3sc4ccccc4c23)ccc1O.O=C(O)O. The Balaban J connectivity index is 0.000000636. The molecule has 1 aliphatic carbocycles. The number of carbonyl (C=O) groups is 1. The Kier molecular flexibility index (Phi) is 7.32. The summed E-state index contributed by atoms with van der Waals surface area (Å²) >= 11 is 1.74. The summed E-state index contributed by atoms with van der Waals surface area (Å²) in [6.45, 7) is 0.594. The van der Waals surface area contributed by atoms with Crippen LogP contribution in [0.25, 0.3) is 20.3 Å². The van der Waals surface area contributed by atoms with Gasteiger partial charge in [0.25, 0.3) is 0 Å². The van der Waals surface area contributed by atoms with Crippen molar-refractivity contribution in [2.75, 3.05) is 12.4 Å². The number of phenolic OH excluding ortho intramolecular Hbond substituents is 1. The van der Waals surface area contributed by atoms with Crippen molar-refractivity contribution in [2.45, 2.75) is 44.6 Å². The number of thiophene rings is 1. The molecule has 0 bridgehead atoms. The van der Waals surface area contributed by atoms with Crippen molar-refractivity contribution in [1.29, 1.82) is 0 Å². The second kappa shape index (κ2) is 10.6. The average Bonchev–Trinajstić information content (AvgIpc) is 3.22. The average molecular weight is 482 g/mol. The van der Waals surface area contributed by atoms with Crippen LogP contribution >= 0.6 is 11.3 Å². The summed E-state index contributed by atoms with van der Waals surface area (Å²) in [4.78, 5) is 19.6. The third-order valence-corrected chi connectivity index (χ3v) is 7.00. The summed E-state index contributed by atoms with van der Waals surface area (Å²) < 4.78 is 6.48. The Morgan fingerprint density at radius 2 is 1.85 bits per heavy atom. The largest absolute Gasteiger partial charge is 0.504 e. The van der Waals surface area contributed by atoms with Crippen LogP contribution in [-0.4, -0.2) is 38.6 Å². The Morgan fingerprint density at radius 1 is 1.12 bits per heavy atom. The molecule has 0 unspecified atom stereocenters. The minimum Gasteiger partial charge on any atom is -0.504 e. The van der Waals surface area contributed by atoms with Crippen molar-refractivity contribution in [1.82, 2.24) is 9.97 Å². The van der Waals surface area contributed by atoms with Gasteiger partial charge in [0.1, 0.15) is 16.5 Å².